The van der Waals surface area contributed by atoms with Gasteiger partial charge in [-0.05, 0) is 53.1 Å². The second kappa shape index (κ2) is 6.38. The molecule has 2 aromatic heterocycles. The van der Waals surface area contributed by atoms with E-state index in [0.717, 1.165) is 43.3 Å². The molecular weight excluding hydrogens is 347 g/mol. The van der Waals surface area contributed by atoms with Crippen LogP contribution in [0.25, 0.3) is 5.69 Å². The molecule has 1 aromatic carbocycles. The highest BCUT2D eigenvalue weighted by Gasteiger charge is 2.34. The molecule has 0 amide bonds. The van der Waals surface area contributed by atoms with Crippen molar-refractivity contribution in [2.24, 2.45) is 5.92 Å². The van der Waals surface area contributed by atoms with Gasteiger partial charge in [0.15, 0.2) is 5.82 Å². The Morgan fingerprint density at radius 2 is 1.93 bits per heavy atom. The summed E-state index contributed by atoms with van der Waals surface area (Å²) < 4.78 is 16.8. The van der Waals surface area contributed by atoms with Crippen LogP contribution in [0.2, 0.25) is 0 Å². The van der Waals surface area contributed by atoms with Crippen molar-refractivity contribution >= 4 is 0 Å². The molecule has 1 fully saturated rings. The third-order valence-electron chi connectivity index (χ3n) is 5.53. The molecule has 1 saturated heterocycles. The molecule has 27 heavy (non-hydrogen) atoms. The minimum atomic E-state index is -0.286. The van der Waals surface area contributed by atoms with Gasteiger partial charge in [-0.15, -0.1) is 5.10 Å². The summed E-state index contributed by atoms with van der Waals surface area (Å²) in [5.41, 5.74) is 1.96. The van der Waals surface area contributed by atoms with Crippen LogP contribution in [0.1, 0.15) is 23.9 Å². The van der Waals surface area contributed by atoms with E-state index in [0.29, 0.717) is 18.4 Å². The monoisotopic (exact) mass is 366 g/mol. The largest absolute Gasteiger partial charge is 0.312 e. The first kappa shape index (κ1) is 16.3. The molecular formula is C19H19FN6O. The lowest BCUT2D eigenvalue weighted by Crippen LogP contribution is -2.46. The van der Waals surface area contributed by atoms with E-state index in [1.165, 1.54) is 12.1 Å². The van der Waals surface area contributed by atoms with Gasteiger partial charge >= 0.3 is 0 Å². The smallest absolute Gasteiger partial charge is 0.250 e. The summed E-state index contributed by atoms with van der Waals surface area (Å²) >= 11 is 0. The Labute approximate surface area is 155 Å². The van der Waals surface area contributed by atoms with Crippen LogP contribution in [0.5, 0.6) is 0 Å². The van der Waals surface area contributed by atoms with Crippen LogP contribution in [0, 0.1) is 11.7 Å². The van der Waals surface area contributed by atoms with Crippen LogP contribution in [-0.2, 0) is 13.1 Å². The van der Waals surface area contributed by atoms with Crippen LogP contribution >= 0.6 is 0 Å². The van der Waals surface area contributed by atoms with E-state index in [1.807, 2.05) is 10.6 Å². The fourth-order valence-electron chi connectivity index (χ4n) is 4.41. The zero-order valence-corrected chi connectivity index (χ0v) is 14.7. The zero-order chi connectivity index (χ0) is 18.4. The van der Waals surface area contributed by atoms with Crippen molar-refractivity contribution in [3.05, 3.63) is 70.2 Å². The zero-order valence-electron chi connectivity index (χ0n) is 14.7. The number of aromatic nitrogens is 5. The molecule has 7 nitrogen and oxygen atoms in total. The number of pyridine rings is 1. The maximum absolute atomic E-state index is 13.2. The van der Waals surface area contributed by atoms with Gasteiger partial charge in [-0.3, -0.25) is 9.69 Å². The third kappa shape index (κ3) is 2.95. The second-order valence-electron chi connectivity index (χ2n) is 7.38. The molecule has 2 aliphatic heterocycles. The fourth-order valence-corrected chi connectivity index (χ4v) is 4.41. The Bertz CT molecular complexity index is 1030. The summed E-state index contributed by atoms with van der Waals surface area (Å²) in [7, 11) is 0. The molecule has 0 saturated carbocycles. The van der Waals surface area contributed by atoms with E-state index in [4.69, 9.17) is 0 Å². The van der Waals surface area contributed by atoms with Crippen LogP contribution in [0.15, 0.2) is 47.3 Å². The van der Waals surface area contributed by atoms with Gasteiger partial charge in [0.2, 0.25) is 0 Å². The number of likely N-dealkylation sites (tertiary alicyclic amines) is 1. The maximum Gasteiger partial charge on any atom is 0.250 e. The Morgan fingerprint density at radius 3 is 2.78 bits per heavy atom. The Morgan fingerprint density at radius 1 is 1.07 bits per heavy atom. The number of nitrogens with zero attached hydrogens (tertiary/aromatic N) is 6. The molecule has 4 heterocycles. The number of piperidine rings is 1. The lowest BCUT2D eigenvalue weighted by molar-refractivity contribution is 0.111. The summed E-state index contributed by atoms with van der Waals surface area (Å²) in [4.78, 5) is 14.5. The topological polar surface area (TPSA) is 68.8 Å². The van der Waals surface area contributed by atoms with Crippen molar-refractivity contribution < 1.29 is 4.39 Å². The maximum atomic E-state index is 13.2. The molecule has 2 atom stereocenters. The average Bonchev–Trinajstić information content (AvgIpc) is 3.11. The van der Waals surface area contributed by atoms with Crippen LogP contribution in [0.3, 0.4) is 0 Å². The Balaban J connectivity index is 1.39. The summed E-state index contributed by atoms with van der Waals surface area (Å²) in [6.45, 7) is 3.17. The van der Waals surface area contributed by atoms with Gasteiger partial charge in [0.05, 0.1) is 12.2 Å². The highest BCUT2D eigenvalue weighted by Crippen LogP contribution is 2.35. The van der Waals surface area contributed by atoms with Crippen molar-refractivity contribution in [1.82, 2.24) is 29.7 Å². The van der Waals surface area contributed by atoms with Crippen molar-refractivity contribution in [2.75, 3.05) is 13.1 Å². The Hall–Kier alpha value is -2.87. The molecule has 0 radical (unpaired) electrons. The van der Waals surface area contributed by atoms with Gasteiger partial charge in [-0.2, -0.15) is 4.68 Å². The van der Waals surface area contributed by atoms with Gasteiger partial charge in [0.25, 0.3) is 5.56 Å². The first-order chi connectivity index (χ1) is 13.2. The summed E-state index contributed by atoms with van der Waals surface area (Å²) in [5.74, 6) is 1.24. The Kier molecular flexibility index (Phi) is 3.86. The van der Waals surface area contributed by atoms with Crippen molar-refractivity contribution in [3.63, 3.8) is 0 Å². The lowest BCUT2D eigenvalue weighted by atomic mass is 9.83. The minimum Gasteiger partial charge on any atom is -0.312 e. The molecule has 2 bridgehead atoms. The number of fused-ring (bicyclic) bond motifs is 4. The van der Waals surface area contributed by atoms with E-state index >= 15 is 0 Å². The standard InChI is InChI=1S/C19H19FN6O/c20-15-4-6-16(7-5-15)26-18(21-22-23-26)12-24-9-13-8-14(11-24)17-2-1-3-19(27)25(17)10-13/h1-7,13-14H,8-12H2/t13-,14+/m1/s1. The quantitative estimate of drug-likeness (QED) is 0.704. The van der Waals surface area contributed by atoms with Gasteiger partial charge < -0.3 is 4.57 Å². The van der Waals surface area contributed by atoms with E-state index in [1.54, 1.807) is 22.9 Å². The number of hydrogen-bond donors (Lipinski definition) is 0. The molecule has 3 aromatic rings. The molecule has 0 spiro atoms. The predicted molar refractivity (Wildman–Crippen MR) is 95.9 cm³/mol. The highest BCUT2D eigenvalue weighted by molar-refractivity contribution is 5.31. The van der Waals surface area contributed by atoms with Crippen LogP contribution in [0.4, 0.5) is 4.39 Å². The molecule has 0 aliphatic carbocycles. The van der Waals surface area contributed by atoms with Gasteiger partial charge in [-0.1, -0.05) is 6.07 Å². The van der Waals surface area contributed by atoms with Gasteiger partial charge in [0.1, 0.15) is 5.82 Å². The van der Waals surface area contributed by atoms with E-state index < -0.39 is 0 Å². The van der Waals surface area contributed by atoms with Crippen molar-refractivity contribution in [3.8, 4) is 5.69 Å². The number of tetrazole rings is 1. The second-order valence-corrected chi connectivity index (χ2v) is 7.38. The van der Waals surface area contributed by atoms with Crippen LogP contribution < -0.4 is 5.56 Å². The normalized spacial score (nSPS) is 21.8. The number of benzene rings is 1. The first-order valence-corrected chi connectivity index (χ1v) is 9.12. The number of rotatable bonds is 3. The summed E-state index contributed by atoms with van der Waals surface area (Å²) in [5, 5.41) is 12.0. The summed E-state index contributed by atoms with van der Waals surface area (Å²) in [6.07, 6.45) is 1.11. The molecule has 2 aliphatic rings. The molecule has 8 heteroatoms. The molecule has 5 rings (SSSR count). The number of halogens is 1. The summed E-state index contributed by atoms with van der Waals surface area (Å²) in [6, 6.07) is 11.7. The SMILES string of the molecule is O=c1cccc2n1C[C@@H]1C[C@H]2CN(Cc2nnnn2-c2ccc(F)cc2)C1. The molecule has 0 unspecified atom stereocenters. The third-order valence-corrected chi connectivity index (χ3v) is 5.53. The highest BCUT2D eigenvalue weighted by atomic mass is 19.1. The van der Waals surface area contributed by atoms with Gasteiger partial charge in [0, 0.05) is 37.3 Å². The first-order valence-electron chi connectivity index (χ1n) is 9.12. The average molecular weight is 366 g/mol. The van der Waals surface area contributed by atoms with Crippen molar-refractivity contribution in [2.45, 2.75) is 25.4 Å². The van der Waals surface area contributed by atoms with E-state index in [2.05, 4.69) is 26.5 Å². The number of hydrogen-bond acceptors (Lipinski definition) is 5. The minimum absolute atomic E-state index is 0.0934. The lowest BCUT2D eigenvalue weighted by Gasteiger charge is -2.42. The van der Waals surface area contributed by atoms with E-state index in [-0.39, 0.29) is 11.4 Å². The van der Waals surface area contributed by atoms with Crippen molar-refractivity contribution in [1.29, 1.82) is 0 Å². The van der Waals surface area contributed by atoms with Gasteiger partial charge in [-0.25, -0.2) is 4.39 Å². The fraction of sp³-hybridized carbons (Fsp3) is 0.368. The predicted octanol–water partition coefficient (Wildman–Crippen LogP) is 1.58. The van der Waals surface area contributed by atoms with Crippen LogP contribution in [-0.4, -0.2) is 42.8 Å². The molecule has 0 N–H and O–H groups in total. The molecule has 138 valence electrons. The van der Waals surface area contributed by atoms with E-state index in [9.17, 15) is 9.18 Å².